The van der Waals surface area contributed by atoms with Crippen molar-refractivity contribution in [3.63, 3.8) is 0 Å². The fourth-order valence-corrected chi connectivity index (χ4v) is 2.50. The molecule has 0 aliphatic heterocycles. The van der Waals surface area contributed by atoms with E-state index in [-0.39, 0.29) is 0 Å². The Kier molecular flexibility index (Phi) is 2.02. The van der Waals surface area contributed by atoms with Crippen molar-refractivity contribution in [2.24, 2.45) is 5.41 Å². The molecule has 0 aromatic rings. The molecule has 1 spiro atoms. The number of hydrogen-bond acceptors (Lipinski definition) is 0. The fourth-order valence-electron chi connectivity index (χ4n) is 2.50. The fraction of sp³-hybridized carbons (Fsp3) is 0.727. The number of rotatable bonds is 0. The van der Waals surface area contributed by atoms with Crippen molar-refractivity contribution in [3.05, 3.63) is 18.6 Å². The standard InChI is InChI=1S/C11H17/c1-3-7-11(8-4-1)9-5-2-6-10-11/h1,3,7H,2,4-6,8-10H2. The van der Waals surface area contributed by atoms with Gasteiger partial charge >= 0.3 is 0 Å². The van der Waals surface area contributed by atoms with Crippen LogP contribution in [0.25, 0.3) is 0 Å². The summed E-state index contributed by atoms with van der Waals surface area (Å²) in [6.45, 7) is 0. The van der Waals surface area contributed by atoms with Crippen LogP contribution in [0.4, 0.5) is 0 Å². The highest BCUT2D eigenvalue weighted by Crippen LogP contribution is 2.44. The quantitative estimate of drug-likeness (QED) is 0.494. The van der Waals surface area contributed by atoms with Crippen LogP contribution in [0.1, 0.15) is 44.9 Å². The Balaban J connectivity index is 2.01. The average Bonchev–Trinajstić information content (AvgIpc) is 2.07. The summed E-state index contributed by atoms with van der Waals surface area (Å²) in [6.07, 6.45) is 17.1. The topological polar surface area (TPSA) is 0 Å². The maximum Gasteiger partial charge on any atom is -0.0108 e. The third-order valence-corrected chi connectivity index (χ3v) is 3.24. The van der Waals surface area contributed by atoms with Gasteiger partial charge in [0.25, 0.3) is 0 Å². The molecule has 2 aliphatic rings. The normalized spacial score (nSPS) is 29.1. The molecule has 0 saturated heterocycles. The molecule has 1 fully saturated rings. The van der Waals surface area contributed by atoms with E-state index in [1.165, 1.54) is 44.9 Å². The van der Waals surface area contributed by atoms with Gasteiger partial charge in [-0.05, 0) is 37.5 Å². The van der Waals surface area contributed by atoms with Gasteiger partial charge in [0, 0.05) is 0 Å². The van der Waals surface area contributed by atoms with Crippen molar-refractivity contribution in [2.75, 3.05) is 0 Å². The van der Waals surface area contributed by atoms with Gasteiger partial charge in [0.2, 0.25) is 0 Å². The minimum atomic E-state index is 0.646. The third kappa shape index (κ3) is 1.50. The van der Waals surface area contributed by atoms with Crippen LogP contribution in [0.15, 0.2) is 12.2 Å². The second-order valence-electron chi connectivity index (χ2n) is 4.06. The van der Waals surface area contributed by atoms with Crippen LogP contribution in [0.2, 0.25) is 0 Å². The van der Waals surface area contributed by atoms with E-state index in [2.05, 4.69) is 18.6 Å². The van der Waals surface area contributed by atoms with E-state index < -0.39 is 0 Å². The molecule has 2 rings (SSSR count). The molecule has 0 amide bonds. The molecule has 0 nitrogen and oxygen atoms in total. The highest BCUT2D eigenvalue weighted by Gasteiger charge is 2.31. The maximum atomic E-state index is 2.47. The van der Waals surface area contributed by atoms with Gasteiger partial charge in [-0.3, -0.25) is 0 Å². The Hall–Kier alpha value is -0.260. The molecule has 0 heteroatoms. The van der Waals surface area contributed by atoms with E-state index in [0.29, 0.717) is 5.41 Å². The lowest BCUT2D eigenvalue weighted by atomic mass is 9.67. The minimum absolute atomic E-state index is 0.646. The highest BCUT2D eigenvalue weighted by atomic mass is 14.4. The largest absolute Gasteiger partial charge is 0.0882 e. The summed E-state index contributed by atoms with van der Waals surface area (Å²) in [6, 6.07) is 0. The molecular weight excluding hydrogens is 132 g/mol. The molecule has 0 bridgehead atoms. The average molecular weight is 149 g/mol. The van der Waals surface area contributed by atoms with Gasteiger partial charge in [-0.1, -0.05) is 31.4 Å². The molecule has 0 atom stereocenters. The van der Waals surface area contributed by atoms with Crippen LogP contribution >= 0.6 is 0 Å². The van der Waals surface area contributed by atoms with Crippen LogP contribution in [0, 0.1) is 11.8 Å². The van der Waals surface area contributed by atoms with E-state index in [1.54, 1.807) is 0 Å². The molecule has 61 valence electrons. The second kappa shape index (κ2) is 3.00. The van der Waals surface area contributed by atoms with E-state index in [9.17, 15) is 0 Å². The van der Waals surface area contributed by atoms with Crippen molar-refractivity contribution < 1.29 is 0 Å². The zero-order valence-electron chi connectivity index (χ0n) is 7.18. The lowest BCUT2D eigenvalue weighted by Gasteiger charge is -2.38. The van der Waals surface area contributed by atoms with Crippen molar-refractivity contribution in [1.82, 2.24) is 0 Å². The van der Waals surface area contributed by atoms with Gasteiger partial charge in [0.1, 0.15) is 0 Å². The van der Waals surface area contributed by atoms with E-state index >= 15 is 0 Å². The maximum absolute atomic E-state index is 2.47. The number of hydrogen-bond donors (Lipinski definition) is 0. The van der Waals surface area contributed by atoms with Crippen molar-refractivity contribution in [1.29, 1.82) is 0 Å². The van der Waals surface area contributed by atoms with Crippen molar-refractivity contribution in [3.8, 4) is 0 Å². The summed E-state index contributed by atoms with van der Waals surface area (Å²) in [7, 11) is 0. The van der Waals surface area contributed by atoms with E-state index in [4.69, 9.17) is 0 Å². The van der Waals surface area contributed by atoms with Gasteiger partial charge in [-0.15, -0.1) is 0 Å². The van der Waals surface area contributed by atoms with Gasteiger partial charge in [0.05, 0.1) is 0 Å². The third-order valence-electron chi connectivity index (χ3n) is 3.24. The van der Waals surface area contributed by atoms with Gasteiger partial charge in [-0.2, -0.15) is 0 Å². The van der Waals surface area contributed by atoms with Crippen LogP contribution in [0.5, 0.6) is 0 Å². The predicted octanol–water partition coefficient (Wildman–Crippen LogP) is 3.49. The molecule has 0 heterocycles. The lowest BCUT2D eigenvalue weighted by molar-refractivity contribution is 0.219. The van der Waals surface area contributed by atoms with Crippen LogP contribution in [-0.4, -0.2) is 0 Å². The first-order valence-electron chi connectivity index (χ1n) is 4.92. The monoisotopic (exact) mass is 149 g/mol. The molecule has 0 aromatic carbocycles. The Labute approximate surface area is 69.7 Å². The smallest absolute Gasteiger partial charge is 0.0108 e. The van der Waals surface area contributed by atoms with E-state index in [0.717, 1.165) is 0 Å². The molecule has 0 aromatic heterocycles. The zero-order valence-corrected chi connectivity index (χ0v) is 7.18. The molecule has 1 saturated carbocycles. The van der Waals surface area contributed by atoms with Crippen LogP contribution in [-0.2, 0) is 0 Å². The minimum Gasteiger partial charge on any atom is -0.0882 e. The first-order chi connectivity index (χ1) is 5.41. The lowest BCUT2D eigenvalue weighted by Crippen LogP contribution is -2.25. The SMILES string of the molecule is [CH]1C=CCCC12CCCCC2. The molecule has 11 heavy (non-hydrogen) atoms. The predicted molar refractivity (Wildman–Crippen MR) is 48.2 cm³/mol. The highest BCUT2D eigenvalue weighted by molar-refractivity contribution is 5.11. The van der Waals surface area contributed by atoms with Crippen molar-refractivity contribution in [2.45, 2.75) is 44.9 Å². The Morgan fingerprint density at radius 3 is 2.36 bits per heavy atom. The summed E-state index contributed by atoms with van der Waals surface area (Å²) < 4.78 is 0. The summed E-state index contributed by atoms with van der Waals surface area (Å²) in [5.74, 6) is 0. The van der Waals surface area contributed by atoms with Crippen LogP contribution < -0.4 is 0 Å². The zero-order chi connectivity index (χ0) is 7.57. The van der Waals surface area contributed by atoms with Gasteiger partial charge < -0.3 is 0 Å². The molecule has 1 radical (unpaired) electrons. The van der Waals surface area contributed by atoms with Crippen molar-refractivity contribution >= 4 is 0 Å². The molecular formula is C11H17. The van der Waals surface area contributed by atoms with Gasteiger partial charge in [-0.25, -0.2) is 0 Å². The van der Waals surface area contributed by atoms with E-state index in [1.807, 2.05) is 0 Å². The Morgan fingerprint density at radius 2 is 1.73 bits per heavy atom. The Morgan fingerprint density at radius 1 is 0.909 bits per heavy atom. The van der Waals surface area contributed by atoms with Gasteiger partial charge in [0.15, 0.2) is 0 Å². The summed E-state index contributed by atoms with van der Waals surface area (Å²) in [5, 5.41) is 0. The molecule has 0 N–H and O–H groups in total. The Bertz CT molecular complexity index is 149. The molecule has 0 unspecified atom stereocenters. The summed E-state index contributed by atoms with van der Waals surface area (Å²) in [5.41, 5.74) is 0.646. The van der Waals surface area contributed by atoms with Crippen LogP contribution in [0.3, 0.4) is 0 Å². The summed E-state index contributed by atoms with van der Waals surface area (Å²) in [4.78, 5) is 0. The molecule has 2 aliphatic carbocycles. The second-order valence-corrected chi connectivity index (χ2v) is 4.06. The first kappa shape index (κ1) is 7.39. The number of allylic oxidation sites excluding steroid dienone is 2. The summed E-state index contributed by atoms with van der Waals surface area (Å²) >= 11 is 0. The first-order valence-corrected chi connectivity index (χ1v) is 4.92.